The lowest BCUT2D eigenvalue weighted by Gasteiger charge is -2.38. The third-order valence-corrected chi connectivity index (χ3v) is 8.44. The molecule has 1 unspecified atom stereocenters. The Morgan fingerprint density at radius 3 is 2.12 bits per heavy atom. The fourth-order valence-corrected chi connectivity index (χ4v) is 5.53. The summed E-state index contributed by atoms with van der Waals surface area (Å²) in [6.45, 7) is 13.1. The number of cyclic esters (lactones) is 1. The zero-order valence-electron chi connectivity index (χ0n) is 26.8. The van der Waals surface area contributed by atoms with E-state index in [1.807, 2.05) is 41.5 Å². The third-order valence-electron chi connectivity index (χ3n) is 8.44. The van der Waals surface area contributed by atoms with E-state index in [0.29, 0.717) is 25.8 Å². The van der Waals surface area contributed by atoms with Crippen molar-refractivity contribution in [3.05, 3.63) is 0 Å². The molecule has 12 heteroatoms. The van der Waals surface area contributed by atoms with Gasteiger partial charge in [0.05, 0.1) is 6.42 Å². The van der Waals surface area contributed by atoms with Gasteiger partial charge in [-0.15, -0.1) is 0 Å². The van der Waals surface area contributed by atoms with Gasteiger partial charge in [-0.3, -0.25) is 28.8 Å². The Morgan fingerprint density at radius 1 is 0.905 bits per heavy atom. The monoisotopic (exact) mass is 593 g/mol. The average Bonchev–Trinajstić information content (AvgIpc) is 3.42. The van der Waals surface area contributed by atoms with Crippen LogP contribution in [0.15, 0.2) is 0 Å². The van der Waals surface area contributed by atoms with Crippen LogP contribution in [0.4, 0.5) is 0 Å². The highest BCUT2D eigenvalue weighted by Crippen LogP contribution is 2.24. The smallest absolute Gasteiger partial charge is 0.308 e. The van der Waals surface area contributed by atoms with Gasteiger partial charge in [0.1, 0.15) is 24.2 Å². The Labute approximate surface area is 250 Å². The topological polar surface area (TPSA) is 145 Å². The summed E-state index contributed by atoms with van der Waals surface area (Å²) in [6, 6.07) is -3.52. The zero-order chi connectivity index (χ0) is 31.9. The lowest BCUT2D eigenvalue weighted by Crippen LogP contribution is -2.60. The van der Waals surface area contributed by atoms with E-state index in [2.05, 4.69) is 10.6 Å². The normalized spacial score (nSPS) is 28.6. The first-order valence-corrected chi connectivity index (χ1v) is 15.2. The lowest BCUT2D eigenvalue weighted by atomic mass is 9.94. The molecule has 0 bridgehead atoms. The maximum absolute atomic E-state index is 13.9. The number of carbonyl (C=O) groups is 6. The highest BCUT2D eigenvalue weighted by atomic mass is 16.5. The quantitative estimate of drug-likeness (QED) is 0.457. The summed E-state index contributed by atoms with van der Waals surface area (Å²) < 4.78 is 5.59. The summed E-state index contributed by atoms with van der Waals surface area (Å²) in [5.41, 5.74) is 0. The van der Waals surface area contributed by atoms with Gasteiger partial charge in [0.2, 0.25) is 23.6 Å². The molecule has 5 amide bonds. The molecule has 2 fully saturated rings. The van der Waals surface area contributed by atoms with Gasteiger partial charge in [-0.05, 0) is 43.9 Å². The van der Waals surface area contributed by atoms with Gasteiger partial charge < -0.3 is 30.1 Å². The number of hydrogen-bond donors (Lipinski definition) is 2. The molecule has 2 N–H and O–H groups in total. The maximum Gasteiger partial charge on any atom is 0.308 e. The highest BCUT2D eigenvalue weighted by Gasteiger charge is 2.42. The lowest BCUT2D eigenvalue weighted by molar-refractivity contribution is -0.162. The highest BCUT2D eigenvalue weighted by molar-refractivity contribution is 5.96. The van der Waals surface area contributed by atoms with Crippen molar-refractivity contribution >= 4 is 35.5 Å². The average molecular weight is 594 g/mol. The van der Waals surface area contributed by atoms with Crippen LogP contribution in [0.25, 0.3) is 0 Å². The number of esters is 1. The summed E-state index contributed by atoms with van der Waals surface area (Å²) in [4.78, 5) is 84.6. The summed E-state index contributed by atoms with van der Waals surface area (Å²) >= 11 is 0. The molecule has 0 saturated carbocycles. The van der Waals surface area contributed by atoms with Gasteiger partial charge in [-0.1, -0.05) is 48.0 Å². The number of likely N-dealkylation sites (N-methyl/N-ethyl adjacent to an activating group) is 2. The second-order valence-corrected chi connectivity index (χ2v) is 12.5. The molecule has 42 heavy (non-hydrogen) atoms. The van der Waals surface area contributed by atoms with Crippen LogP contribution < -0.4 is 10.6 Å². The number of nitrogens with zero attached hydrogens (tertiary/aromatic N) is 3. The second-order valence-electron chi connectivity index (χ2n) is 12.5. The van der Waals surface area contributed by atoms with E-state index in [1.54, 1.807) is 14.0 Å². The summed E-state index contributed by atoms with van der Waals surface area (Å²) in [5.74, 6) is -3.36. The predicted molar refractivity (Wildman–Crippen MR) is 157 cm³/mol. The summed E-state index contributed by atoms with van der Waals surface area (Å²) in [6.07, 6.45) is 0.636. The number of rotatable bonds is 5. The Bertz CT molecular complexity index is 1020. The minimum Gasteiger partial charge on any atom is -0.452 e. The van der Waals surface area contributed by atoms with E-state index in [4.69, 9.17) is 4.74 Å². The number of fused-ring (bicyclic) bond motifs is 1. The number of nitrogens with one attached hydrogen (secondary N) is 2. The molecule has 2 rings (SSSR count). The first-order valence-electron chi connectivity index (χ1n) is 15.2. The van der Waals surface area contributed by atoms with E-state index in [9.17, 15) is 28.8 Å². The minimum absolute atomic E-state index is 0.0358. The second kappa shape index (κ2) is 15.3. The van der Waals surface area contributed by atoms with Gasteiger partial charge in [0.25, 0.3) is 5.91 Å². The maximum atomic E-state index is 13.9. The van der Waals surface area contributed by atoms with Crippen LogP contribution >= 0.6 is 0 Å². The van der Waals surface area contributed by atoms with Crippen LogP contribution in [0.3, 0.4) is 0 Å². The van der Waals surface area contributed by atoms with Crippen molar-refractivity contribution in [2.45, 2.75) is 111 Å². The zero-order valence-corrected chi connectivity index (χ0v) is 26.8. The minimum atomic E-state index is -1.07. The van der Waals surface area contributed by atoms with Crippen molar-refractivity contribution in [3.63, 3.8) is 0 Å². The molecule has 0 aliphatic carbocycles. The predicted octanol–water partition coefficient (Wildman–Crippen LogP) is 1.32. The molecular formula is C30H51N5O7. The van der Waals surface area contributed by atoms with E-state index in [-0.39, 0.29) is 37.1 Å². The Hall–Kier alpha value is -3.18. The van der Waals surface area contributed by atoms with Gasteiger partial charge in [-0.25, -0.2) is 0 Å². The fourth-order valence-electron chi connectivity index (χ4n) is 5.53. The number of ether oxygens (including phenoxy) is 1. The molecule has 0 aromatic heterocycles. The number of amides is 5. The Kier molecular flexibility index (Phi) is 12.8. The van der Waals surface area contributed by atoms with Crippen LogP contribution in [-0.2, 0) is 33.5 Å². The largest absolute Gasteiger partial charge is 0.452 e. The molecule has 0 spiro atoms. The molecule has 6 atom stereocenters. The summed E-state index contributed by atoms with van der Waals surface area (Å²) in [7, 11) is 3.04. The van der Waals surface area contributed by atoms with Crippen LogP contribution in [0.5, 0.6) is 0 Å². The van der Waals surface area contributed by atoms with E-state index >= 15 is 0 Å². The third kappa shape index (κ3) is 8.44. The first-order chi connectivity index (χ1) is 19.6. The van der Waals surface area contributed by atoms with Crippen molar-refractivity contribution in [3.8, 4) is 0 Å². The van der Waals surface area contributed by atoms with E-state index < -0.39 is 65.8 Å². The molecule has 2 aliphatic heterocycles. The van der Waals surface area contributed by atoms with Crippen molar-refractivity contribution in [1.29, 1.82) is 0 Å². The molecule has 0 aromatic carbocycles. The van der Waals surface area contributed by atoms with Crippen molar-refractivity contribution < 1.29 is 33.5 Å². The van der Waals surface area contributed by atoms with Crippen LogP contribution in [0, 0.1) is 17.8 Å². The molecule has 2 heterocycles. The standard InChI is InChI=1S/C30H51N5O7/c1-10-19(6)24-29(40)34(9)25(18(4)5)30(41)33(8)20(7)26(37)31-14-13-23(36)42-22(16-17(2)3)28(39)35-15-11-12-21(35)27(38)32-24/h17-22,24-25H,10-16H2,1-9H3,(H,31,37)(H,32,38)/t19-,20-,21+,22+,24-,25?/m0/s1. The van der Waals surface area contributed by atoms with Crippen molar-refractivity contribution in [2.24, 2.45) is 17.8 Å². The van der Waals surface area contributed by atoms with Gasteiger partial charge >= 0.3 is 5.97 Å². The van der Waals surface area contributed by atoms with Crippen molar-refractivity contribution in [2.75, 3.05) is 27.2 Å². The van der Waals surface area contributed by atoms with Gasteiger partial charge in [-0.2, -0.15) is 0 Å². The number of carbonyl (C=O) groups excluding carboxylic acids is 6. The molecule has 12 nitrogen and oxygen atoms in total. The van der Waals surface area contributed by atoms with Crippen LogP contribution in [0.1, 0.15) is 80.6 Å². The Morgan fingerprint density at radius 2 is 1.55 bits per heavy atom. The molecule has 238 valence electrons. The van der Waals surface area contributed by atoms with Crippen molar-refractivity contribution in [1.82, 2.24) is 25.3 Å². The Balaban J connectivity index is 2.54. The fraction of sp³-hybridized carbons (Fsp3) is 0.800. The van der Waals surface area contributed by atoms with E-state index in [0.717, 1.165) is 0 Å². The first kappa shape index (κ1) is 35.0. The molecule has 2 saturated heterocycles. The molecule has 2 aliphatic rings. The molecule has 0 radical (unpaired) electrons. The van der Waals surface area contributed by atoms with E-state index in [1.165, 1.54) is 21.7 Å². The van der Waals surface area contributed by atoms with Crippen LogP contribution in [-0.4, -0.2) is 108 Å². The molecular weight excluding hydrogens is 542 g/mol. The van der Waals surface area contributed by atoms with Crippen LogP contribution in [0.2, 0.25) is 0 Å². The number of hydrogen-bond acceptors (Lipinski definition) is 7. The summed E-state index contributed by atoms with van der Waals surface area (Å²) in [5, 5.41) is 5.57. The molecule has 0 aromatic rings. The van der Waals surface area contributed by atoms with Gasteiger partial charge in [0.15, 0.2) is 6.10 Å². The SMILES string of the molecule is CC[C@H](C)[C@@H]1NC(=O)[C@H]2CCCN2C(=O)[C@@H](CC(C)C)OC(=O)CCNC(=O)[C@H](C)N(C)C(=O)C(C(C)C)N(C)C1=O. The van der Waals surface area contributed by atoms with Gasteiger partial charge in [0, 0.05) is 27.2 Å².